The largest absolute Gasteiger partial charge is 0.493 e. The molecule has 1 saturated heterocycles. The van der Waals surface area contributed by atoms with Crippen molar-refractivity contribution in [2.75, 3.05) is 31.1 Å². The van der Waals surface area contributed by atoms with Gasteiger partial charge >= 0.3 is 0 Å². The number of hydrogen-bond acceptors (Lipinski definition) is 5. The van der Waals surface area contributed by atoms with E-state index in [0.717, 1.165) is 44.3 Å². The standard InChI is InChI=1S/C15H19N3OS/c19-14-12-20-15(16-14)18-8-4-7-17(9-10-18)11-13-5-2-1-3-6-13/h1-3,5-6,12,19H,4,7-11H2. The van der Waals surface area contributed by atoms with Crippen molar-refractivity contribution in [2.24, 2.45) is 0 Å². The molecule has 1 aromatic carbocycles. The van der Waals surface area contributed by atoms with E-state index in [4.69, 9.17) is 0 Å². The van der Waals surface area contributed by atoms with Gasteiger partial charge in [0.15, 0.2) is 5.13 Å². The summed E-state index contributed by atoms with van der Waals surface area (Å²) in [5.41, 5.74) is 1.37. The van der Waals surface area contributed by atoms with E-state index in [2.05, 4.69) is 45.1 Å². The van der Waals surface area contributed by atoms with Crippen LogP contribution in [-0.2, 0) is 6.54 Å². The molecule has 1 aliphatic heterocycles. The minimum Gasteiger partial charge on any atom is -0.493 e. The summed E-state index contributed by atoms with van der Waals surface area (Å²) in [6, 6.07) is 10.6. The molecule has 1 aliphatic rings. The van der Waals surface area contributed by atoms with Gasteiger partial charge in [-0.25, -0.2) is 0 Å². The Bertz CT molecular complexity index is 543. The molecule has 5 heteroatoms. The van der Waals surface area contributed by atoms with Gasteiger partial charge in [-0.2, -0.15) is 4.98 Å². The molecule has 0 amide bonds. The normalized spacial score (nSPS) is 17.1. The summed E-state index contributed by atoms with van der Waals surface area (Å²) >= 11 is 1.52. The summed E-state index contributed by atoms with van der Waals surface area (Å²) in [5, 5.41) is 12.0. The van der Waals surface area contributed by atoms with Gasteiger partial charge in [0.1, 0.15) is 0 Å². The Morgan fingerprint density at radius 3 is 2.70 bits per heavy atom. The number of benzene rings is 1. The smallest absolute Gasteiger partial charge is 0.223 e. The van der Waals surface area contributed by atoms with Crippen LogP contribution in [0.4, 0.5) is 5.13 Å². The van der Waals surface area contributed by atoms with Crippen molar-refractivity contribution in [3.05, 3.63) is 41.3 Å². The molecular formula is C15H19N3OS. The third-order valence-electron chi connectivity index (χ3n) is 3.59. The van der Waals surface area contributed by atoms with Crippen molar-refractivity contribution in [3.8, 4) is 5.88 Å². The molecule has 0 saturated carbocycles. The van der Waals surface area contributed by atoms with Crippen LogP contribution in [0.2, 0.25) is 0 Å². The van der Waals surface area contributed by atoms with Gasteiger partial charge in [0.2, 0.25) is 5.88 Å². The summed E-state index contributed by atoms with van der Waals surface area (Å²) in [4.78, 5) is 8.93. The van der Waals surface area contributed by atoms with Crippen molar-refractivity contribution in [1.82, 2.24) is 9.88 Å². The van der Waals surface area contributed by atoms with Gasteiger partial charge in [0.05, 0.1) is 5.38 Å². The van der Waals surface area contributed by atoms with Crippen LogP contribution in [0.3, 0.4) is 0 Å². The zero-order chi connectivity index (χ0) is 13.8. The van der Waals surface area contributed by atoms with Crippen LogP contribution in [0.25, 0.3) is 0 Å². The van der Waals surface area contributed by atoms with E-state index in [0.29, 0.717) is 0 Å². The van der Waals surface area contributed by atoms with E-state index in [9.17, 15) is 5.11 Å². The van der Waals surface area contributed by atoms with Crippen molar-refractivity contribution in [2.45, 2.75) is 13.0 Å². The second-order valence-electron chi connectivity index (χ2n) is 5.09. The Kier molecular flexibility index (Phi) is 4.18. The SMILES string of the molecule is Oc1csc(N2CCCN(Cc3ccccc3)CC2)n1. The van der Waals surface area contributed by atoms with E-state index in [-0.39, 0.29) is 5.88 Å². The zero-order valence-electron chi connectivity index (χ0n) is 11.4. The average Bonchev–Trinajstić information content (AvgIpc) is 2.76. The third-order valence-corrected chi connectivity index (χ3v) is 4.48. The number of nitrogens with zero attached hydrogens (tertiary/aromatic N) is 3. The van der Waals surface area contributed by atoms with E-state index < -0.39 is 0 Å². The Balaban J connectivity index is 1.59. The molecule has 0 aliphatic carbocycles. The predicted molar refractivity (Wildman–Crippen MR) is 82.3 cm³/mol. The molecule has 1 N–H and O–H groups in total. The third kappa shape index (κ3) is 3.29. The molecule has 0 spiro atoms. The van der Waals surface area contributed by atoms with Crippen LogP contribution >= 0.6 is 11.3 Å². The molecular weight excluding hydrogens is 270 g/mol. The highest BCUT2D eigenvalue weighted by Crippen LogP contribution is 2.25. The fourth-order valence-electron chi connectivity index (χ4n) is 2.56. The maximum Gasteiger partial charge on any atom is 0.223 e. The minimum atomic E-state index is 0.135. The molecule has 2 aromatic rings. The van der Waals surface area contributed by atoms with Gasteiger partial charge in [-0.15, -0.1) is 11.3 Å². The number of rotatable bonds is 3. The lowest BCUT2D eigenvalue weighted by molar-refractivity contribution is 0.285. The average molecular weight is 289 g/mol. The van der Waals surface area contributed by atoms with E-state index in [1.165, 1.54) is 16.9 Å². The van der Waals surface area contributed by atoms with E-state index in [1.807, 2.05) is 0 Å². The molecule has 0 atom stereocenters. The monoisotopic (exact) mass is 289 g/mol. The first-order valence-corrected chi connectivity index (χ1v) is 7.85. The number of anilines is 1. The lowest BCUT2D eigenvalue weighted by Gasteiger charge is -2.21. The Hall–Kier alpha value is -1.59. The first-order chi connectivity index (χ1) is 9.81. The second-order valence-corrected chi connectivity index (χ2v) is 5.93. The van der Waals surface area contributed by atoms with Crippen LogP contribution in [0.5, 0.6) is 5.88 Å². The summed E-state index contributed by atoms with van der Waals surface area (Å²) in [7, 11) is 0. The fraction of sp³-hybridized carbons (Fsp3) is 0.400. The number of hydrogen-bond donors (Lipinski definition) is 1. The van der Waals surface area contributed by atoms with Gasteiger partial charge in [0.25, 0.3) is 0 Å². The van der Waals surface area contributed by atoms with Gasteiger partial charge in [-0.1, -0.05) is 30.3 Å². The molecule has 0 bridgehead atoms. The van der Waals surface area contributed by atoms with Gasteiger partial charge in [0, 0.05) is 32.7 Å². The zero-order valence-corrected chi connectivity index (χ0v) is 12.2. The first-order valence-electron chi connectivity index (χ1n) is 6.97. The van der Waals surface area contributed by atoms with Crippen LogP contribution in [-0.4, -0.2) is 41.2 Å². The molecule has 20 heavy (non-hydrogen) atoms. The number of aromatic nitrogens is 1. The van der Waals surface area contributed by atoms with Crippen molar-refractivity contribution in [3.63, 3.8) is 0 Å². The predicted octanol–water partition coefficient (Wildman–Crippen LogP) is 2.56. The van der Waals surface area contributed by atoms with Crippen LogP contribution in [0.15, 0.2) is 35.7 Å². The maximum atomic E-state index is 9.36. The molecule has 2 heterocycles. The van der Waals surface area contributed by atoms with Gasteiger partial charge in [-0.05, 0) is 12.0 Å². The molecule has 1 fully saturated rings. The number of thiazole rings is 1. The summed E-state index contributed by atoms with van der Waals surface area (Å²) in [6.45, 7) is 5.15. The maximum absolute atomic E-state index is 9.36. The second kappa shape index (κ2) is 6.24. The lowest BCUT2D eigenvalue weighted by Crippen LogP contribution is -2.30. The van der Waals surface area contributed by atoms with Gasteiger partial charge in [-0.3, -0.25) is 4.90 Å². The van der Waals surface area contributed by atoms with E-state index >= 15 is 0 Å². The lowest BCUT2D eigenvalue weighted by atomic mass is 10.2. The molecule has 1 aromatic heterocycles. The van der Waals surface area contributed by atoms with Crippen LogP contribution in [0.1, 0.15) is 12.0 Å². The highest BCUT2D eigenvalue weighted by Gasteiger charge is 2.17. The highest BCUT2D eigenvalue weighted by atomic mass is 32.1. The molecule has 3 rings (SSSR count). The Labute approximate surface area is 123 Å². The Morgan fingerprint density at radius 2 is 1.95 bits per heavy atom. The van der Waals surface area contributed by atoms with Crippen molar-refractivity contribution < 1.29 is 5.11 Å². The van der Waals surface area contributed by atoms with Crippen LogP contribution < -0.4 is 4.90 Å². The van der Waals surface area contributed by atoms with Gasteiger partial charge < -0.3 is 10.0 Å². The first kappa shape index (κ1) is 13.4. The fourth-order valence-corrected chi connectivity index (χ4v) is 3.30. The summed E-state index contributed by atoms with van der Waals surface area (Å²) in [6.07, 6.45) is 1.13. The topological polar surface area (TPSA) is 39.6 Å². The molecule has 0 radical (unpaired) electrons. The van der Waals surface area contributed by atoms with Crippen molar-refractivity contribution in [1.29, 1.82) is 0 Å². The highest BCUT2D eigenvalue weighted by molar-refractivity contribution is 7.13. The summed E-state index contributed by atoms with van der Waals surface area (Å²) in [5.74, 6) is 0.135. The molecule has 4 nitrogen and oxygen atoms in total. The quantitative estimate of drug-likeness (QED) is 0.942. The minimum absolute atomic E-state index is 0.135. The number of aromatic hydroxyl groups is 1. The Morgan fingerprint density at radius 1 is 1.10 bits per heavy atom. The van der Waals surface area contributed by atoms with E-state index in [1.54, 1.807) is 5.38 Å². The molecule has 0 unspecified atom stereocenters. The molecule has 106 valence electrons. The van der Waals surface area contributed by atoms with Crippen LogP contribution in [0, 0.1) is 0 Å². The van der Waals surface area contributed by atoms with Crippen molar-refractivity contribution >= 4 is 16.5 Å². The summed E-state index contributed by atoms with van der Waals surface area (Å²) < 4.78 is 0.